The second-order valence-electron chi connectivity index (χ2n) is 9.18. The second kappa shape index (κ2) is 9.95. The highest BCUT2D eigenvalue weighted by Crippen LogP contribution is 2.30. The van der Waals surface area contributed by atoms with Crippen molar-refractivity contribution >= 4 is 29.6 Å². The molecule has 2 heterocycles. The largest absolute Gasteiger partial charge is 0.383 e. The number of ether oxygens (including phenoxy) is 1. The maximum absolute atomic E-state index is 13.5. The molecular formula is C29H31N3O4. The molecule has 0 atom stereocenters. The average Bonchev–Trinajstić information content (AvgIpc) is 3.10. The second-order valence-corrected chi connectivity index (χ2v) is 9.18. The first-order valence-corrected chi connectivity index (χ1v) is 11.9. The van der Waals surface area contributed by atoms with E-state index in [9.17, 15) is 14.4 Å². The molecule has 0 radical (unpaired) electrons. The fourth-order valence-corrected chi connectivity index (χ4v) is 4.92. The Kier molecular flexibility index (Phi) is 6.95. The Morgan fingerprint density at radius 3 is 2.11 bits per heavy atom. The van der Waals surface area contributed by atoms with Gasteiger partial charge in [-0.25, -0.2) is 9.69 Å². The van der Waals surface area contributed by atoms with Crippen LogP contribution in [0, 0.1) is 34.6 Å². The van der Waals surface area contributed by atoms with Crippen molar-refractivity contribution in [3.63, 3.8) is 0 Å². The quantitative estimate of drug-likeness (QED) is 0.362. The van der Waals surface area contributed by atoms with Crippen LogP contribution in [0.25, 0.3) is 11.8 Å². The van der Waals surface area contributed by atoms with E-state index >= 15 is 0 Å². The van der Waals surface area contributed by atoms with Gasteiger partial charge in [0.25, 0.3) is 11.8 Å². The molecule has 1 aromatic heterocycles. The molecule has 1 aliphatic heterocycles. The Labute approximate surface area is 211 Å². The standard InChI is InChI=1S/C29H31N3O4/c1-18-14-19(2)26(20(3)15-18)31-21(4)16-23(22(31)5)17-25-27(33)30(12-13-36-6)29(35)32(28(25)34)24-10-8-7-9-11-24/h7-11,14-17H,12-13H2,1-6H3/b25-17-. The maximum atomic E-state index is 13.5. The van der Waals surface area contributed by atoms with Crippen LogP contribution in [0.5, 0.6) is 0 Å². The number of urea groups is 1. The highest BCUT2D eigenvalue weighted by molar-refractivity contribution is 6.39. The summed E-state index contributed by atoms with van der Waals surface area (Å²) in [4.78, 5) is 42.2. The maximum Gasteiger partial charge on any atom is 0.338 e. The Morgan fingerprint density at radius 1 is 0.861 bits per heavy atom. The van der Waals surface area contributed by atoms with Gasteiger partial charge in [0.2, 0.25) is 0 Å². The van der Waals surface area contributed by atoms with E-state index < -0.39 is 17.8 Å². The molecule has 0 bridgehead atoms. The zero-order valence-corrected chi connectivity index (χ0v) is 21.6. The van der Waals surface area contributed by atoms with Gasteiger partial charge in [0, 0.05) is 18.5 Å². The molecule has 0 N–H and O–H groups in total. The summed E-state index contributed by atoms with van der Waals surface area (Å²) in [6.07, 6.45) is 1.60. The van der Waals surface area contributed by atoms with Crippen molar-refractivity contribution in [2.75, 3.05) is 25.2 Å². The van der Waals surface area contributed by atoms with Crippen molar-refractivity contribution in [2.24, 2.45) is 0 Å². The topological polar surface area (TPSA) is 71.8 Å². The number of carbonyl (C=O) groups is 3. The molecule has 1 saturated heterocycles. The number of imide groups is 2. The molecule has 4 amide bonds. The first-order valence-electron chi connectivity index (χ1n) is 11.9. The molecule has 0 unspecified atom stereocenters. The zero-order chi connectivity index (χ0) is 26.1. The minimum Gasteiger partial charge on any atom is -0.383 e. The van der Waals surface area contributed by atoms with Crippen LogP contribution in [0.4, 0.5) is 10.5 Å². The molecule has 3 aromatic rings. The lowest BCUT2D eigenvalue weighted by Crippen LogP contribution is -2.57. The van der Waals surface area contributed by atoms with Gasteiger partial charge in [-0.1, -0.05) is 35.9 Å². The van der Waals surface area contributed by atoms with Gasteiger partial charge < -0.3 is 9.30 Å². The normalized spacial score (nSPS) is 15.4. The number of benzene rings is 2. The summed E-state index contributed by atoms with van der Waals surface area (Å²) >= 11 is 0. The van der Waals surface area contributed by atoms with Gasteiger partial charge in [0.1, 0.15) is 5.57 Å². The van der Waals surface area contributed by atoms with E-state index in [1.807, 2.05) is 19.9 Å². The smallest absolute Gasteiger partial charge is 0.338 e. The van der Waals surface area contributed by atoms with Crippen LogP contribution >= 0.6 is 0 Å². The zero-order valence-electron chi connectivity index (χ0n) is 21.6. The van der Waals surface area contributed by atoms with E-state index in [0.29, 0.717) is 5.69 Å². The van der Waals surface area contributed by atoms with Crippen molar-refractivity contribution in [1.82, 2.24) is 9.47 Å². The average molecular weight is 486 g/mol. The number of aromatic nitrogens is 1. The molecule has 186 valence electrons. The molecule has 1 aliphatic rings. The minimum absolute atomic E-state index is 0.0445. The predicted molar refractivity (Wildman–Crippen MR) is 140 cm³/mol. The fraction of sp³-hybridized carbons (Fsp3) is 0.276. The number of para-hydroxylation sites is 1. The molecule has 7 heteroatoms. The van der Waals surface area contributed by atoms with Crippen molar-refractivity contribution in [2.45, 2.75) is 34.6 Å². The van der Waals surface area contributed by atoms with Gasteiger partial charge >= 0.3 is 6.03 Å². The number of hydrogen-bond acceptors (Lipinski definition) is 4. The molecule has 1 fully saturated rings. The number of methoxy groups -OCH3 is 1. The van der Waals surface area contributed by atoms with E-state index in [1.165, 1.54) is 12.7 Å². The van der Waals surface area contributed by atoms with Gasteiger partial charge in [-0.05, 0) is 75.6 Å². The molecular weight excluding hydrogens is 454 g/mol. The van der Waals surface area contributed by atoms with E-state index in [2.05, 4.69) is 37.5 Å². The third-order valence-corrected chi connectivity index (χ3v) is 6.49. The fourth-order valence-electron chi connectivity index (χ4n) is 4.92. The number of hydrogen-bond donors (Lipinski definition) is 0. The molecule has 4 rings (SSSR count). The van der Waals surface area contributed by atoms with Crippen molar-refractivity contribution in [3.05, 3.63) is 87.7 Å². The summed E-state index contributed by atoms with van der Waals surface area (Å²) in [6, 6.07) is 14.2. The number of aryl methyl sites for hydroxylation is 4. The predicted octanol–water partition coefficient (Wildman–Crippen LogP) is 5.04. The number of carbonyl (C=O) groups excluding carboxylic acids is 3. The van der Waals surface area contributed by atoms with Crippen molar-refractivity contribution in [3.8, 4) is 5.69 Å². The lowest BCUT2D eigenvalue weighted by Gasteiger charge is -2.33. The first kappa shape index (κ1) is 25.1. The molecule has 7 nitrogen and oxygen atoms in total. The first-order chi connectivity index (χ1) is 17.1. The van der Waals surface area contributed by atoms with Gasteiger partial charge in [0.15, 0.2) is 0 Å². The molecule has 0 saturated carbocycles. The number of barbiturate groups is 1. The van der Waals surface area contributed by atoms with Crippen LogP contribution < -0.4 is 4.90 Å². The SMILES string of the molecule is COCCN1C(=O)/C(=C/c2cc(C)n(-c3c(C)cc(C)cc3C)c2C)C(=O)N(c2ccccc2)C1=O. The van der Waals surface area contributed by atoms with Gasteiger partial charge in [0.05, 0.1) is 24.5 Å². The van der Waals surface area contributed by atoms with Crippen LogP contribution in [-0.4, -0.2) is 47.6 Å². The van der Waals surface area contributed by atoms with Crippen LogP contribution in [-0.2, 0) is 14.3 Å². The lowest BCUT2D eigenvalue weighted by molar-refractivity contribution is -0.129. The van der Waals surface area contributed by atoms with E-state index in [0.717, 1.165) is 43.6 Å². The molecule has 36 heavy (non-hydrogen) atoms. The summed E-state index contributed by atoms with van der Waals surface area (Å²) in [6.45, 7) is 10.4. The summed E-state index contributed by atoms with van der Waals surface area (Å²) in [5, 5.41) is 0. The third-order valence-electron chi connectivity index (χ3n) is 6.49. The summed E-state index contributed by atoms with van der Waals surface area (Å²) in [7, 11) is 1.50. The molecule has 0 aliphatic carbocycles. The number of rotatable bonds is 6. The number of anilines is 1. The highest BCUT2D eigenvalue weighted by Gasteiger charge is 2.42. The van der Waals surface area contributed by atoms with E-state index in [-0.39, 0.29) is 18.7 Å². The molecule has 0 spiro atoms. The van der Waals surface area contributed by atoms with Crippen LogP contribution in [0.3, 0.4) is 0 Å². The summed E-state index contributed by atoms with van der Waals surface area (Å²) < 4.78 is 7.26. The van der Waals surface area contributed by atoms with E-state index in [1.54, 1.807) is 36.4 Å². The molecule has 2 aromatic carbocycles. The lowest BCUT2D eigenvalue weighted by atomic mass is 10.0. The van der Waals surface area contributed by atoms with Crippen LogP contribution in [0.2, 0.25) is 0 Å². The Balaban J connectivity index is 1.84. The Hall–Kier alpha value is -3.97. The van der Waals surface area contributed by atoms with Crippen molar-refractivity contribution < 1.29 is 19.1 Å². The third kappa shape index (κ3) is 4.38. The Bertz CT molecular complexity index is 1360. The minimum atomic E-state index is -0.679. The van der Waals surface area contributed by atoms with Crippen LogP contribution in [0.1, 0.15) is 33.6 Å². The number of amides is 4. The number of nitrogens with zero attached hydrogens (tertiary/aromatic N) is 3. The summed E-state index contributed by atoms with van der Waals surface area (Å²) in [5.74, 6) is -1.26. The Morgan fingerprint density at radius 2 is 1.50 bits per heavy atom. The highest BCUT2D eigenvalue weighted by atomic mass is 16.5. The van der Waals surface area contributed by atoms with Crippen molar-refractivity contribution in [1.29, 1.82) is 0 Å². The van der Waals surface area contributed by atoms with Crippen LogP contribution in [0.15, 0.2) is 54.1 Å². The summed E-state index contributed by atoms with van der Waals surface area (Å²) in [5.41, 5.74) is 7.55. The monoisotopic (exact) mass is 485 g/mol. The van der Waals surface area contributed by atoms with Gasteiger partial charge in [-0.15, -0.1) is 0 Å². The van der Waals surface area contributed by atoms with E-state index in [4.69, 9.17) is 4.74 Å². The van der Waals surface area contributed by atoms with Gasteiger partial charge in [-0.2, -0.15) is 0 Å². The van der Waals surface area contributed by atoms with Gasteiger partial charge in [-0.3, -0.25) is 14.5 Å².